The highest BCUT2D eigenvalue weighted by atomic mass is 16.5. The fourth-order valence-electron chi connectivity index (χ4n) is 3.90. The Balaban J connectivity index is 1.38. The number of nitrogens with zero attached hydrogens (tertiary/aromatic N) is 4. The molecule has 1 N–H and O–H groups in total. The molecule has 29 heavy (non-hydrogen) atoms. The summed E-state index contributed by atoms with van der Waals surface area (Å²) in [5.41, 5.74) is 1.83. The number of ether oxygens (including phenoxy) is 1. The second kappa shape index (κ2) is 9.33. The molecule has 0 saturated carbocycles. The van der Waals surface area contributed by atoms with E-state index in [0.29, 0.717) is 19.7 Å². The van der Waals surface area contributed by atoms with Crippen LogP contribution in [-0.4, -0.2) is 65.0 Å². The van der Waals surface area contributed by atoms with E-state index in [4.69, 9.17) is 9.72 Å². The Morgan fingerprint density at radius 1 is 1.07 bits per heavy atom. The summed E-state index contributed by atoms with van der Waals surface area (Å²) in [5.74, 6) is 1.75. The van der Waals surface area contributed by atoms with Crippen molar-refractivity contribution in [2.75, 3.05) is 44.6 Å². The van der Waals surface area contributed by atoms with Crippen LogP contribution in [0.1, 0.15) is 36.8 Å². The molecule has 1 atom stereocenters. The molecule has 7 nitrogen and oxygen atoms in total. The molecule has 4 heterocycles. The summed E-state index contributed by atoms with van der Waals surface area (Å²) in [6, 6.07) is 11.7. The minimum absolute atomic E-state index is 0.134. The molecule has 1 amide bonds. The van der Waals surface area contributed by atoms with Gasteiger partial charge in [-0.1, -0.05) is 12.1 Å². The molecule has 2 aliphatic rings. The van der Waals surface area contributed by atoms with Gasteiger partial charge in [0.2, 0.25) is 5.91 Å². The van der Waals surface area contributed by atoms with Crippen LogP contribution in [0, 0.1) is 6.92 Å². The summed E-state index contributed by atoms with van der Waals surface area (Å²) in [6.07, 6.45) is 3.34. The molecule has 2 aliphatic heterocycles. The molecular formula is C22H29N5O2. The third kappa shape index (κ3) is 5.31. The lowest BCUT2D eigenvalue weighted by molar-refractivity contribution is -0.135. The number of piperidine rings is 1. The first-order chi connectivity index (χ1) is 14.2. The van der Waals surface area contributed by atoms with Gasteiger partial charge in [-0.05, 0) is 50.5 Å². The standard InChI is InChI=1S/C22H29N5O2/c1-17-7-5-9-20(23-17)25-21-10-6-8-18(24-21)19-15-26(13-14-29-19)16-22(28)27-11-3-2-4-12-27/h5-10,19H,2-4,11-16H2,1H3,(H,23,24,25)/t19-/m1/s1. The summed E-state index contributed by atoms with van der Waals surface area (Å²) in [7, 11) is 0. The highest BCUT2D eigenvalue weighted by Gasteiger charge is 2.26. The normalized spacial score (nSPS) is 20.4. The van der Waals surface area contributed by atoms with E-state index in [0.717, 1.165) is 55.5 Å². The van der Waals surface area contributed by atoms with Gasteiger partial charge in [-0.25, -0.2) is 9.97 Å². The van der Waals surface area contributed by atoms with E-state index in [2.05, 4.69) is 15.2 Å². The van der Waals surface area contributed by atoms with Crippen molar-refractivity contribution in [1.29, 1.82) is 0 Å². The molecular weight excluding hydrogens is 366 g/mol. The first kappa shape index (κ1) is 19.8. The molecule has 0 bridgehead atoms. The smallest absolute Gasteiger partial charge is 0.236 e. The monoisotopic (exact) mass is 395 g/mol. The second-order valence-corrected chi connectivity index (χ2v) is 7.77. The van der Waals surface area contributed by atoms with E-state index in [-0.39, 0.29) is 12.0 Å². The van der Waals surface area contributed by atoms with Crippen molar-refractivity contribution in [2.24, 2.45) is 0 Å². The fourth-order valence-corrected chi connectivity index (χ4v) is 3.90. The summed E-state index contributed by atoms with van der Waals surface area (Å²) in [4.78, 5) is 26.0. The maximum absolute atomic E-state index is 12.6. The number of pyridine rings is 2. The van der Waals surface area contributed by atoms with Crippen molar-refractivity contribution in [2.45, 2.75) is 32.3 Å². The number of morpholine rings is 1. The van der Waals surface area contributed by atoms with E-state index < -0.39 is 0 Å². The third-order valence-electron chi connectivity index (χ3n) is 5.46. The third-order valence-corrected chi connectivity index (χ3v) is 5.46. The van der Waals surface area contributed by atoms with Crippen LogP contribution in [0.3, 0.4) is 0 Å². The summed E-state index contributed by atoms with van der Waals surface area (Å²) >= 11 is 0. The number of aryl methyl sites for hydroxylation is 1. The molecule has 0 aliphatic carbocycles. The van der Waals surface area contributed by atoms with Gasteiger partial charge in [-0.2, -0.15) is 0 Å². The van der Waals surface area contributed by atoms with Crippen molar-refractivity contribution in [1.82, 2.24) is 19.8 Å². The second-order valence-electron chi connectivity index (χ2n) is 7.77. The minimum atomic E-state index is -0.134. The zero-order valence-corrected chi connectivity index (χ0v) is 17.0. The Bertz CT molecular complexity index is 837. The zero-order chi connectivity index (χ0) is 20.1. The molecule has 0 radical (unpaired) electrons. The SMILES string of the molecule is Cc1cccc(Nc2cccc([C@H]3CN(CC(=O)N4CCCCC4)CCO3)n2)n1. The maximum atomic E-state index is 12.6. The predicted molar refractivity (Wildman–Crippen MR) is 112 cm³/mol. The molecule has 2 fully saturated rings. The van der Waals surface area contributed by atoms with E-state index in [1.165, 1.54) is 6.42 Å². The van der Waals surface area contributed by atoms with Gasteiger partial charge in [0, 0.05) is 31.9 Å². The van der Waals surface area contributed by atoms with Crippen LogP contribution in [-0.2, 0) is 9.53 Å². The van der Waals surface area contributed by atoms with Gasteiger partial charge in [-0.15, -0.1) is 0 Å². The van der Waals surface area contributed by atoms with Crippen LogP contribution in [0.4, 0.5) is 11.6 Å². The fraction of sp³-hybridized carbons (Fsp3) is 0.500. The number of likely N-dealkylation sites (tertiary alicyclic amines) is 1. The molecule has 0 aromatic carbocycles. The Morgan fingerprint density at radius 3 is 2.62 bits per heavy atom. The summed E-state index contributed by atoms with van der Waals surface area (Å²) < 4.78 is 5.97. The van der Waals surface area contributed by atoms with E-state index in [1.807, 2.05) is 48.2 Å². The Hall–Kier alpha value is -2.51. The minimum Gasteiger partial charge on any atom is -0.369 e. The lowest BCUT2D eigenvalue weighted by Crippen LogP contribution is -2.46. The molecule has 154 valence electrons. The van der Waals surface area contributed by atoms with Gasteiger partial charge in [0.25, 0.3) is 0 Å². The number of carbonyl (C=O) groups is 1. The molecule has 2 aromatic heterocycles. The van der Waals surface area contributed by atoms with E-state index in [9.17, 15) is 4.79 Å². The van der Waals surface area contributed by atoms with Crippen molar-refractivity contribution in [3.8, 4) is 0 Å². The van der Waals surface area contributed by atoms with Gasteiger partial charge in [0.1, 0.15) is 17.7 Å². The molecule has 2 aromatic rings. The van der Waals surface area contributed by atoms with Crippen molar-refractivity contribution < 1.29 is 9.53 Å². The van der Waals surface area contributed by atoms with Crippen LogP contribution in [0.15, 0.2) is 36.4 Å². The highest BCUT2D eigenvalue weighted by molar-refractivity contribution is 5.78. The van der Waals surface area contributed by atoms with Crippen molar-refractivity contribution in [3.05, 3.63) is 47.8 Å². The lowest BCUT2D eigenvalue weighted by Gasteiger charge is -2.34. The largest absolute Gasteiger partial charge is 0.369 e. The number of anilines is 2. The van der Waals surface area contributed by atoms with Crippen LogP contribution >= 0.6 is 0 Å². The van der Waals surface area contributed by atoms with E-state index >= 15 is 0 Å². The number of amides is 1. The number of carbonyl (C=O) groups excluding carboxylic acids is 1. The van der Waals surface area contributed by atoms with Gasteiger partial charge in [-0.3, -0.25) is 9.69 Å². The quantitative estimate of drug-likeness (QED) is 0.839. The van der Waals surface area contributed by atoms with Crippen molar-refractivity contribution in [3.63, 3.8) is 0 Å². The van der Waals surface area contributed by atoms with Crippen LogP contribution in [0.25, 0.3) is 0 Å². The Morgan fingerprint density at radius 2 is 1.83 bits per heavy atom. The van der Waals surface area contributed by atoms with Gasteiger partial charge in [0.15, 0.2) is 0 Å². The Labute approximate surface area is 172 Å². The lowest BCUT2D eigenvalue weighted by atomic mass is 10.1. The van der Waals surface area contributed by atoms with Crippen LogP contribution in [0.2, 0.25) is 0 Å². The van der Waals surface area contributed by atoms with Crippen LogP contribution < -0.4 is 5.32 Å². The topological polar surface area (TPSA) is 70.6 Å². The molecule has 0 spiro atoms. The Kier molecular flexibility index (Phi) is 6.36. The first-order valence-electron chi connectivity index (χ1n) is 10.5. The van der Waals surface area contributed by atoms with Crippen molar-refractivity contribution >= 4 is 17.5 Å². The number of nitrogens with one attached hydrogen (secondary N) is 1. The summed E-state index contributed by atoms with van der Waals surface area (Å²) in [5, 5.41) is 3.26. The van der Waals surface area contributed by atoms with E-state index in [1.54, 1.807) is 0 Å². The maximum Gasteiger partial charge on any atom is 0.236 e. The number of aromatic nitrogens is 2. The van der Waals surface area contributed by atoms with Gasteiger partial charge in [0.05, 0.1) is 18.8 Å². The average Bonchev–Trinajstić information content (AvgIpc) is 2.75. The molecule has 7 heteroatoms. The highest BCUT2D eigenvalue weighted by Crippen LogP contribution is 2.23. The molecule has 2 saturated heterocycles. The average molecular weight is 396 g/mol. The number of hydrogen-bond donors (Lipinski definition) is 1. The van der Waals surface area contributed by atoms with Gasteiger partial charge < -0.3 is 15.0 Å². The van der Waals surface area contributed by atoms with Crippen LogP contribution in [0.5, 0.6) is 0 Å². The van der Waals surface area contributed by atoms with Gasteiger partial charge >= 0.3 is 0 Å². The number of rotatable bonds is 5. The first-order valence-corrected chi connectivity index (χ1v) is 10.5. The predicted octanol–water partition coefficient (Wildman–Crippen LogP) is 2.91. The number of hydrogen-bond acceptors (Lipinski definition) is 6. The summed E-state index contributed by atoms with van der Waals surface area (Å²) in [6.45, 7) is 6.29. The zero-order valence-electron chi connectivity index (χ0n) is 17.0. The molecule has 4 rings (SSSR count). The molecule has 0 unspecified atom stereocenters.